The minimum absolute atomic E-state index is 0.220. The van der Waals surface area contributed by atoms with E-state index in [9.17, 15) is 21.6 Å². The zero-order chi connectivity index (χ0) is 18.9. The van der Waals surface area contributed by atoms with Gasteiger partial charge in [-0.05, 0) is 48.0 Å². The summed E-state index contributed by atoms with van der Waals surface area (Å²) in [5.41, 5.74) is 0.619. The van der Waals surface area contributed by atoms with E-state index in [0.717, 1.165) is 18.4 Å². The molecule has 0 fully saturated rings. The molecule has 0 aliphatic heterocycles. The summed E-state index contributed by atoms with van der Waals surface area (Å²) in [4.78, 5) is 4.60. The van der Waals surface area contributed by atoms with Crippen LogP contribution in [-0.4, -0.2) is 19.7 Å². The minimum atomic E-state index is -4.35. The molecule has 0 saturated heterocycles. The predicted molar refractivity (Wildman–Crippen MR) is 93.6 cm³/mol. The van der Waals surface area contributed by atoms with Crippen molar-refractivity contribution < 1.29 is 21.6 Å². The average molecular weight is 380 g/mol. The number of fused-ring (bicyclic) bond motifs is 1. The summed E-state index contributed by atoms with van der Waals surface area (Å²) in [6.07, 6.45) is -3.21. The number of nitrogens with one attached hydrogen (secondary N) is 1. The standard InChI is InChI=1S/C18H15F3N2O2S/c1-26(24,25)15-7-8-16-13(10-15)4-9-17(23-16)22-11-12-2-5-14(6-3-12)18(19,20)21/h2-10H,11H2,1H3,(H,22,23). The smallest absolute Gasteiger partial charge is 0.366 e. The van der Waals surface area contributed by atoms with Crippen LogP contribution in [0.4, 0.5) is 19.0 Å². The summed E-state index contributed by atoms with van der Waals surface area (Å²) in [6.45, 7) is 0.318. The van der Waals surface area contributed by atoms with Crippen LogP contribution in [0.1, 0.15) is 11.1 Å². The number of nitrogens with zero attached hydrogens (tertiary/aromatic N) is 1. The molecule has 3 rings (SSSR count). The number of anilines is 1. The molecule has 0 bridgehead atoms. The molecule has 2 aromatic carbocycles. The fourth-order valence-electron chi connectivity index (χ4n) is 2.44. The molecule has 1 aromatic heterocycles. The molecule has 0 saturated carbocycles. The van der Waals surface area contributed by atoms with E-state index in [2.05, 4.69) is 10.3 Å². The average Bonchev–Trinajstić information content (AvgIpc) is 2.58. The van der Waals surface area contributed by atoms with Crippen molar-refractivity contribution in [2.24, 2.45) is 0 Å². The Morgan fingerprint density at radius 2 is 1.69 bits per heavy atom. The van der Waals surface area contributed by atoms with Crippen LogP contribution in [0.2, 0.25) is 0 Å². The zero-order valence-electron chi connectivity index (χ0n) is 13.7. The van der Waals surface area contributed by atoms with E-state index >= 15 is 0 Å². The zero-order valence-corrected chi connectivity index (χ0v) is 14.5. The molecule has 136 valence electrons. The number of hydrogen-bond donors (Lipinski definition) is 1. The van der Waals surface area contributed by atoms with Crippen LogP contribution >= 0.6 is 0 Å². The number of pyridine rings is 1. The third kappa shape index (κ3) is 4.13. The normalized spacial score (nSPS) is 12.3. The van der Waals surface area contributed by atoms with Gasteiger partial charge in [0.1, 0.15) is 5.82 Å². The quantitative estimate of drug-likeness (QED) is 0.734. The second kappa shape index (κ2) is 6.60. The van der Waals surface area contributed by atoms with E-state index in [4.69, 9.17) is 0 Å². The number of rotatable bonds is 4. The second-order valence-electron chi connectivity index (χ2n) is 5.87. The lowest BCUT2D eigenvalue weighted by Crippen LogP contribution is -2.06. The number of sulfone groups is 1. The molecule has 1 N–H and O–H groups in total. The van der Waals surface area contributed by atoms with Gasteiger partial charge in [0.25, 0.3) is 0 Å². The first-order chi connectivity index (χ1) is 12.1. The van der Waals surface area contributed by atoms with E-state index in [1.807, 2.05) is 0 Å². The van der Waals surface area contributed by atoms with Crippen molar-refractivity contribution in [3.63, 3.8) is 0 Å². The molecule has 4 nitrogen and oxygen atoms in total. The molecule has 0 atom stereocenters. The van der Waals surface area contributed by atoms with Crippen molar-refractivity contribution in [1.29, 1.82) is 0 Å². The maximum absolute atomic E-state index is 12.6. The first-order valence-corrected chi connectivity index (χ1v) is 9.53. The van der Waals surface area contributed by atoms with Crippen LogP contribution in [-0.2, 0) is 22.6 Å². The van der Waals surface area contributed by atoms with Crippen molar-refractivity contribution in [2.45, 2.75) is 17.6 Å². The lowest BCUT2D eigenvalue weighted by atomic mass is 10.1. The Hall–Kier alpha value is -2.61. The first kappa shape index (κ1) is 18.2. The highest BCUT2D eigenvalue weighted by molar-refractivity contribution is 7.90. The van der Waals surface area contributed by atoms with Crippen molar-refractivity contribution in [3.8, 4) is 0 Å². The van der Waals surface area contributed by atoms with Crippen LogP contribution in [0.3, 0.4) is 0 Å². The molecule has 26 heavy (non-hydrogen) atoms. The topological polar surface area (TPSA) is 59.1 Å². The number of alkyl halides is 3. The van der Waals surface area contributed by atoms with Gasteiger partial charge in [0.05, 0.1) is 16.0 Å². The third-order valence-corrected chi connectivity index (χ3v) is 4.95. The highest BCUT2D eigenvalue weighted by Crippen LogP contribution is 2.29. The van der Waals surface area contributed by atoms with Gasteiger partial charge in [-0.25, -0.2) is 13.4 Å². The molecule has 0 aliphatic carbocycles. The number of hydrogen-bond acceptors (Lipinski definition) is 4. The Bertz CT molecular complexity index is 1050. The van der Waals surface area contributed by atoms with E-state index in [1.165, 1.54) is 18.2 Å². The van der Waals surface area contributed by atoms with Gasteiger partial charge >= 0.3 is 6.18 Å². The maximum Gasteiger partial charge on any atom is 0.416 e. The maximum atomic E-state index is 12.6. The van der Waals surface area contributed by atoms with Gasteiger partial charge in [-0.15, -0.1) is 0 Å². The lowest BCUT2D eigenvalue weighted by Gasteiger charge is -2.09. The Kier molecular flexibility index (Phi) is 4.62. The number of benzene rings is 2. The molecule has 8 heteroatoms. The van der Waals surface area contributed by atoms with Crippen molar-refractivity contribution in [2.75, 3.05) is 11.6 Å². The summed E-state index contributed by atoms with van der Waals surface area (Å²) in [5, 5.41) is 3.73. The molecule has 1 heterocycles. The third-order valence-electron chi connectivity index (χ3n) is 3.84. The summed E-state index contributed by atoms with van der Waals surface area (Å²) < 4.78 is 60.8. The molecular weight excluding hydrogens is 365 g/mol. The van der Waals surface area contributed by atoms with Gasteiger partial charge in [0, 0.05) is 18.2 Å². The molecular formula is C18H15F3N2O2S. The van der Waals surface area contributed by atoms with Crippen molar-refractivity contribution >= 4 is 26.6 Å². The Balaban J connectivity index is 1.75. The van der Waals surface area contributed by atoms with Crippen LogP contribution in [0.15, 0.2) is 59.5 Å². The van der Waals surface area contributed by atoms with Crippen LogP contribution in [0.5, 0.6) is 0 Å². The van der Waals surface area contributed by atoms with Gasteiger partial charge < -0.3 is 5.32 Å². The number of halogens is 3. The summed E-state index contributed by atoms with van der Waals surface area (Å²) in [5.74, 6) is 0.546. The summed E-state index contributed by atoms with van der Waals surface area (Å²) >= 11 is 0. The van der Waals surface area contributed by atoms with Gasteiger partial charge in [0.15, 0.2) is 9.84 Å². The SMILES string of the molecule is CS(=O)(=O)c1ccc2nc(NCc3ccc(C(F)(F)F)cc3)ccc2c1. The van der Waals surface area contributed by atoms with Crippen LogP contribution in [0.25, 0.3) is 10.9 Å². The molecule has 0 radical (unpaired) electrons. The second-order valence-corrected chi connectivity index (χ2v) is 7.89. The molecule has 0 aliphatic rings. The van der Waals surface area contributed by atoms with Crippen molar-refractivity contribution in [3.05, 3.63) is 65.7 Å². The van der Waals surface area contributed by atoms with Gasteiger partial charge in [-0.1, -0.05) is 12.1 Å². The Morgan fingerprint density at radius 3 is 2.31 bits per heavy atom. The van der Waals surface area contributed by atoms with E-state index in [1.54, 1.807) is 24.3 Å². The van der Waals surface area contributed by atoms with Crippen LogP contribution < -0.4 is 5.32 Å². The Morgan fingerprint density at radius 1 is 1.00 bits per heavy atom. The molecule has 0 unspecified atom stereocenters. The van der Waals surface area contributed by atoms with E-state index in [0.29, 0.717) is 28.8 Å². The van der Waals surface area contributed by atoms with E-state index in [-0.39, 0.29) is 4.90 Å². The Labute approximate surface area is 148 Å². The highest BCUT2D eigenvalue weighted by atomic mass is 32.2. The summed E-state index contributed by atoms with van der Waals surface area (Å²) in [7, 11) is -3.29. The fraction of sp³-hybridized carbons (Fsp3) is 0.167. The lowest BCUT2D eigenvalue weighted by molar-refractivity contribution is -0.137. The van der Waals surface area contributed by atoms with Gasteiger partial charge in [-0.3, -0.25) is 0 Å². The predicted octanol–water partition coefficient (Wildman–Crippen LogP) is 4.27. The van der Waals surface area contributed by atoms with Crippen LogP contribution in [0, 0.1) is 0 Å². The molecule has 0 amide bonds. The first-order valence-electron chi connectivity index (χ1n) is 7.64. The minimum Gasteiger partial charge on any atom is -0.366 e. The largest absolute Gasteiger partial charge is 0.416 e. The summed E-state index contributed by atoms with van der Waals surface area (Å²) in [6, 6.07) is 13.0. The van der Waals surface area contributed by atoms with Crippen molar-refractivity contribution in [1.82, 2.24) is 4.98 Å². The highest BCUT2D eigenvalue weighted by Gasteiger charge is 2.29. The fourth-order valence-corrected chi connectivity index (χ4v) is 3.09. The molecule has 3 aromatic rings. The van der Waals surface area contributed by atoms with E-state index < -0.39 is 21.6 Å². The molecule has 0 spiro atoms. The number of aromatic nitrogens is 1. The monoisotopic (exact) mass is 380 g/mol. The van der Waals surface area contributed by atoms with Gasteiger partial charge in [-0.2, -0.15) is 13.2 Å². The van der Waals surface area contributed by atoms with Gasteiger partial charge in [0.2, 0.25) is 0 Å².